The number of fused-ring (bicyclic) bond motifs is 1. The molecule has 4 rings (SSSR count). The van der Waals surface area contributed by atoms with Crippen LogP contribution in [-0.2, 0) is 6.54 Å². The summed E-state index contributed by atoms with van der Waals surface area (Å²) in [5.74, 6) is 0.419. The van der Waals surface area contributed by atoms with Crippen LogP contribution in [0.4, 0.5) is 11.5 Å². The predicted octanol–water partition coefficient (Wildman–Crippen LogP) is 3.70. The van der Waals surface area contributed by atoms with Gasteiger partial charge in [0.15, 0.2) is 0 Å². The van der Waals surface area contributed by atoms with Gasteiger partial charge in [-0.1, -0.05) is 24.3 Å². The molecule has 3 heterocycles. The Kier molecular flexibility index (Phi) is 4.70. The summed E-state index contributed by atoms with van der Waals surface area (Å²) in [5, 5.41) is 7.18. The van der Waals surface area contributed by atoms with Crippen molar-refractivity contribution in [2.75, 3.05) is 5.32 Å². The number of benzene rings is 1. The summed E-state index contributed by atoms with van der Waals surface area (Å²) >= 11 is 0. The van der Waals surface area contributed by atoms with Crippen LogP contribution in [0.25, 0.3) is 10.9 Å². The van der Waals surface area contributed by atoms with Gasteiger partial charge in [0.1, 0.15) is 5.82 Å². The van der Waals surface area contributed by atoms with Gasteiger partial charge in [-0.3, -0.25) is 14.8 Å². The van der Waals surface area contributed by atoms with E-state index in [1.165, 1.54) is 0 Å². The zero-order chi connectivity index (χ0) is 18.5. The highest BCUT2D eigenvalue weighted by Gasteiger charge is 2.08. The van der Waals surface area contributed by atoms with Crippen molar-refractivity contribution in [2.24, 2.45) is 0 Å². The van der Waals surface area contributed by atoms with Crippen LogP contribution in [0.15, 0.2) is 79.4 Å². The minimum absolute atomic E-state index is 0.166. The fraction of sp³-hybridized carbons (Fsp3) is 0.0476. The first-order valence-corrected chi connectivity index (χ1v) is 8.53. The molecule has 2 N–H and O–H groups in total. The largest absolute Gasteiger partial charge is 0.348 e. The SMILES string of the molecule is O=C(NCc1cccnc1)c1ccnc(Nc2cccc3cccnc23)c1. The maximum absolute atomic E-state index is 12.4. The van der Waals surface area contributed by atoms with Crippen molar-refractivity contribution in [2.45, 2.75) is 6.54 Å². The second-order valence-corrected chi connectivity index (χ2v) is 5.98. The molecule has 0 bridgehead atoms. The fourth-order valence-electron chi connectivity index (χ4n) is 2.77. The zero-order valence-corrected chi connectivity index (χ0v) is 14.5. The molecule has 0 unspecified atom stereocenters. The van der Waals surface area contributed by atoms with E-state index in [1.807, 2.05) is 42.5 Å². The van der Waals surface area contributed by atoms with Gasteiger partial charge in [-0.05, 0) is 35.9 Å². The molecular weight excluding hydrogens is 338 g/mol. The van der Waals surface area contributed by atoms with Gasteiger partial charge >= 0.3 is 0 Å². The summed E-state index contributed by atoms with van der Waals surface area (Å²) in [6.07, 6.45) is 6.80. The Balaban J connectivity index is 1.51. The van der Waals surface area contributed by atoms with Gasteiger partial charge in [0.05, 0.1) is 11.2 Å². The second kappa shape index (κ2) is 7.61. The van der Waals surface area contributed by atoms with Crippen molar-refractivity contribution in [1.29, 1.82) is 0 Å². The monoisotopic (exact) mass is 355 g/mol. The molecule has 0 saturated heterocycles. The smallest absolute Gasteiger partial charge is 0.251 e. The van der Waals surface area contributed by atoms with E-state index in [1.54, 1.807) is 36.9 Å². The van der Waals surface area contributed by atoms with E-state index in [2.05, 4.69) is 25.6 Å². The summed E-state index contributed by atoms with van der Waals surface area (Å²) in [4.78, 5) is 25.2. The Hall–Kier alpha value is -3.80. The molecule has 0 saturated carbocycles. The van der Waals surface area contributed by atoms with Crippen molar-refractivity contribution >= 4 is 28.3 Å². The van der Waals surface area contributed by atoms with E-state index in [-0.39, 0.29) is 5.91 Å². The van der Waals surface area contributed by atoms with Crippen LogP contribution >= 0.6 is 0 Å². The second-order valence-electron chi connectivity index (χ2n) is 5.98. The van der Waals surface area contributed by atoms with Crippen LogP contribution in [0, 0.1) is 0 Å². The first-order valence-electron chi connectivity index (χ1n) is 8.53. The number of carbonyl (C=O) groups is 1. The number of hydrogen-bond acceptors (Lipinski definition) is 5. The Morgan fingerprint density at radius 2 is 1.81 bits per heavy atom. The number of nitrogens with one attached hydrogen (secondary N) is 2. The van der Waals surface area contributed by atoms with Crippen LogP contribution in [0.3, 0.4) is 0 Å². The van der Waals surface area contributed by atoms with E-state index >= 15 is 0 Å². The first kappa shape index (κ1) is 16.7. The summed E-state index contributed by atoms with van der Waals surface area (Å²) < 4.78 is 0. The number of hydrogen-bond donors (Lipinski definition) is 2. The van der Waals surface area contributed by atoms with Crippen molar-refractivity contribution < 1.29 is 4.79 Å². The highest BCUT2D eigenvalue weighted by atomic mass is 16.1. The van der Waals surface area contributed by atoms with Crippen LogP contribution in [0.2, 0.25) is 0 Å². The summed E-state index contributed by atoms with van der Waals surface area (Å²) in [6.45, 7) is 0.422. The van der Waals surface area contributed by atoms with Gasteiger partial charge in [-0.2, -0.15) is 0 Å². The van der Waals surface area contributed by atoms with Crippen molar-refractivity contribution in [3.63, 3.8) is 0 Å². The molecular formula is C21H17N5O. The Labute approximate surface area is 156 Å². The Morgan fingerprint density at radius 1 is 0.926 bits per heavy atom. The molecule has 0 aliphatic carbocycles. The number of amides is 1. The van der Waals surface area contributed by atoms with Gasteiger partial charge in [0, 0.05) is 42.3 Å². The molecule has 1 amide bonds. The van der Waals surface area contributed by atoms with Crippen LogP contribution in [0.1, 0.15) is 15.9 Å². The molecule has 0 fully saturated rings. The zero-order valence-electron chi connectivity index (χ0n) is 14.5. The maximum atomic E-state index is 12.4. The molecule has 3 aromatic heterocycles. The molecule has 6 heteroatoms. The lowest BCUT2D eigenvalue weighted by atomic mass is 10.2. The molecule has 0 spiro atoms. The highest BCUT2D eigenvalue weighted by Crippen LogP contribution is 2.23. The Morgan fingerprint density at radius 3 is 2.70 bits per heavy atom. The molecule has 4 aromatic rings. The summed E-state index contributed by atoms with van der Waals surface area (Å²) in [6, 6.07) is 17.0. The number of pyridine rings is 3. The number of anilines is 2. The van der Waals surface area contributed by atoms with Crippen molar-refractivity contribution in [1.82, 2.24) is 20.3 Å². The van der Waals surface area contributed by atoms with Gasteiger partial charge in [0.2, 0.25) is 0 Å². The van der Waals surface area contributed by atoms with Crippen molar-refractivity contribution in [3.05, 3.63) is 90.5 Å². The molecule has 0 aliphatic heterocycles. The topological polar surface area (TPSA) is 79.8 Å². The number of nitrogens with zero attached hydrogens (tertiary/aromatic N) is 3. The maximum Gasteiger partial charge on any atom is 0.251 e. The number of rotatable bonds is 5. The summed E-state index contributed by atoms with van der Waals surface area (Å²) in [7, 11) is 0. The van der Waals surface area contributed by atoms with E-state index in [9.17, 15) is 4.79 Å². The third-order valence-corrected chi connectivity index (χ3v) is 4.09. The van der Waals surface area contributed by atoms with E-state index in [0.717, 1.165) is 22.2 Å². The molecule has 27 heavy (non-hydrogen) atoms. The fourth-order valence-corrected chi connectivity index (χ4v) is 2.77. The highest BCUT2D eigenvalue weighted by molar-refractivity contribution is 5.95. The first-order chi connectivity index (χ1) is 13.3. The lowest BCUT2D eigenvalue weighted by Gasteiger charge is -2.10. The van der Waals surface area contributed by atoms with E-state index in [4.69, 9.17) is 0 Å². The van der Waals surface area contributed by atoms with Crippen LogP contribution < -0.4 is 10.6 Å². The van der Waals surface area contributed by atoms with Gasteiger partial charge in [0.25, 0.3) is 5.91 Å². The molecule has 0 radical (unpaired) electrons. The molecule has 6 nitrogen and oxygen atoms in total. The third kappa shape index (κ3) is 3.90. The average molecular weight is 355 g/mol. The normalized spacial score (nSPS) is 10.5. The third-order valence-electron chi connectivity index (χ3n) is 4.09. The number of aromatic nitrogens is 3. The van der Waals surface area contributed by atoms with Crippen LogP contribution in [0.5, 0.6) is 0 Å². The van der Waals surface area contributed by atoms with E-state index in [0.29, 0.717) is 17.9 Å². The Bertz CT molecular complexity index is 1080. The standard InChI is InChI=1S/C21H17N5O/c27-21(25-14-15-4-2-9-22-13-15)17-8-11-23-19(12-17)26-18-7-1-5-16-6-3-10-24-20(16)18/h1-13H,14H2,(H,23,26)(H,25,27). The molecule has 132 valence electrons. The van der Waals surface area contributed by atoms with Crippen molar-refractivity contribution in [3.8, 4) is 0 Å². The van der Waals surface area contributed by atoms with Gasteiger partial charge < -0.3 is 10.6 Å². The summed E-state index contributed by atoms with van der Waals surface area (Å²) in [5.41, 5.74) is 3.17. The number of carbonyl (C=O) groups excluding carboxylic acids is 1. The quantitative estimate of drug-likeness (QED) is 0.571. The number of para-hydroxylation sites is 1. The molecule has 0 atom stereocenters. The minimum atomic E-state index is -0.166. The minimum Gasteiger partial charge on any atom is -0.348 e. The van der Waals surface area contributed by atoms with Gasteiger partial charge in [-0.25, -0.2) is 4.98 Å². The lowest BCUT2D eigenvalue weighted by Crippen LogP contribution is -2.23. The van der Waals surface area contributed by atoms with Gasteiger partial charge in [-0.15, -0.1) is 0 Å². The molecule has 1 aromatic carbocycles. The average Bonchev–Trinajstić information content (AvgIpc) is 2.73. The lowest BCUT2D eigenvalue weighted by molar-refractivity contribution is 0.0951. The van der Waals surface area contributed by atoms with E-state index < -0.39 is 0 Å². The predicted molar refractivity (Wildman–Crippen MR) is 105 cm³/mol. The van der Waals surface area contributed by atoms with Crippen LogP contribution in [-0.4, -0.2) is 20.9 Å². The molecule has 0 aliphatic rings.